The monoisotopic (exact) mass is 306 g/mol. The van der Waals surface area contributed by atoms with Gasteiger partial charge in [-0.15, -0.1) is 0 Å². The molecule has 4 nitrogen and oxygen atoms in total. The molecule has 4 heteroatoms. The van der Waals surface area contributed by atoms with Crippen LogP contribution in [-0.2, 0) is 19.1 Å². The van der Waals surface area contributed by atoms with Crippen LogP contribution in [-0.4, -0.2) is 24.1 Å². The van der Waals surface area contributed by atoms with Crippen molar-refractivity contribution >= 4 is 11.9 Å². The molecule has 0 spiro atoms. The molecular weight excluding hydrogens is 280 g/mol. The van der Waals surface area contributed by atoms with Gasteiger partial charge in [0.25, 0.3) is 0 Å². The van der Waals surface area contributed by atoms with Gasteiger partial charge in [-0.2, -0.15) is 0 Å². The molecule has 2 unspecified atom stereocenters. The van der Waals surface area contributed by atoms with Crippen LogP contribution in [0.3, 0.4) is 0 Å². The lowest BCUT2D eigenvalue weighted by atomic mass is 10.2. The molecule has 0 amide bonds. The van der Waals surface area contributed by atoms with Gasteiger partial charge >= 0.3 is 11.9 Å². The van der Waals surface area contributed by atoms with E-state index in [0.717, 1.165) is 11.1 Å². The maximum atomic E-state index is 11.7. The molecular formula is C18H26O4. The third-order valence-corrected chi connectivity index (χ3v) is 2.68. The van der Waals surface area contributed by atoms with Gasteiger partial charge in [0.1, 0.15) is 0 Å². The van der Waals surface area contributed by atoms with E-state index in [4.69, 9.17) is 9.47 Å². The van der Waals surface area contributed by atoms with Gasteiger partial charge in [-0.1, -0.05) is 36.5 Å². The first-order valence-electron chi connectivity index (χ1n) is 7.21. The van der Waals surface area contributed by atoms with Crippen molar-refractivity contribution in [2.75, 3.05) is 0 Å². The standard InChI is InChI=1S/C18H26O4/c1-7-15(21-17(19)11-9-13(3)4)16(8-2)22-18(20)12-10-14(5)6/h7-10,15-16H,1-2,11-12H2,3-6H3. The fourth-order valence-electron chi connectivity index (χ4n) is 1.47. The highest BCUT2D eigenvalue weighted by Crippen LogP contribution is 2.11. The van der Waals surface area contributed by atoms with E-state index in [2.05, 4.69) is 13.2 Å². The fraction of sp³-hybridized carbons (Fsp3) is 0.444. The van der Waals surface area contributed by atoms with E-state index in [-0.39, 0.29) is 12.8 Å². The van der Waals surface area contributed by atoms with Crippen LogP contribution < -0.4 is 0 Å². The zero-order valence-corrected chi connectivity index (χ0v) is 13.9. The number of ether oxygens (including phenoxy) is 2. The maximum Gasteiger partial charge on any atom is 0.310 e. The first kappa shape index (κ1) is 19.9. The Morgan fingerprint density at radius 2 is 1.14 bits per heavy atom. The second-order valence-electron chi connectivity index (χ2n) is 5.35. The largest absolute Gasteiger partial charge is 0.454 e. The van der Waals surface area contributed by atoms with E-state index >= 15 is 0 Å². The summed E-state index contributed by atoms with van der Waals surface area (Å²) in [6.07, 6.45) is 5.25. The predicted octanol–water partition coefficient (Wildman–Crippen LogP) is 3.89. The molecule has 0 rings (SSSR count). The Morgan fingerprint density at radius 1 is 0.818 bits per heavy atom. The Hall–Kier alpha value is -2.10. The summed E-state index contributed by atoms with van der Waals surface area (Å²) in [5, 5.41) is 0. The van der Waals surface area contributed by atoms with Gasteiger partial charge < -0.3 is 9.47 Å². The van der Waals surface area contributed by atoms with Crippen LogP contribution in [0.5, 0.6) is 0 Å². The number of rotatable bonds is 9. The Labute approximate surface area is 133 Å². The molecule has 0 aliphatic rings. The van der Waals surface area contributed by atoms with Crippen molar-refractivity contribution in [3.05, 3.63) is 48.6 Å². The molecule has 0 aromatic heterocycles. The number of allylic oxidation sites excluding steroid dienone is 2. The molecule has 0 radical (unpaired) electrons. The summed E-state index contributed by atoms with van der Waals surface area (Å²) in [6, 6.07) is 0. The van der Waals surface area contributed by atoms with Crippen molar-refractivity contribution in [2.24, 2.45) is 0 Å². The highest BCUT2D eigenvalue weighted by Gasteiger charge is 2.23. The van der Waals surface area contributed by atoms with Crippen LogP contribution in [0.25, 0.3) is 0 Å². The van der Waals surface area contributed by atoms with Crippen LogP contribution in [0, 0.1) is 0 Å². The summed E-state index contributed by atoms with van der Waals surface area (Å²) in [5.74, 6) is -0.809. The second-order valence-corrected chi connectivity index (χ2v) is 5.35. The summed E-state index contributed by atoms with van der Waals surface area (Å²) in [5.41, 5.74) is 2.06. The minimum Gasteiger partial charge on any atom is -0.454 e. The zero-order chi connectivity index (χ0) is 17.1. The van der Waals surface area contributed by atoms with E-state index in [1.165, 1.54) is 12.2 Å². The van der Waals surface area contributed by atoms with Crippen LogP contribution in [0.4, 0.5) is 0 Å². The van der Waals surface area contributed by atoms with Gasteiger partial charge in [0.05, 0.1) is 12.8 Å². The maximum absolute atomic E-state index is 11.7. The number of esters is 2. The highest BCUT2D eigenvalue weighted by atomic mass is 16.6. The first-order chi connectivity index (χ1) is 10.3. The molecule has 0 aliphatic heterocycles. The molecule has 0 saturated carbocycles. The number of carbonyl (C=O) groups is 2. The van der Waals surface area contributed by atoms with Crippen molar-refractivity contribution in [3.63, 3.8) is 0 Å². The van der Waals surface area contributed by atoms with E-state index in [1.807, 2.05) is 27.7 Å². The number of hydrogen-bond acceptors (Lipinski definition) is 4. The number of hydrogen-bond donors (Lipinski definition) is 0. The highest BCUT2D eigenvalue weighted by molar-refractivity contribution is 5.73. The summed E-state index contributed by atoms with van der Waals surface area (Å²) < 4.78 is 10.5. The van der Waals surface area contributed by atoms with E-state index in [1.54, 1.807) is 12.2 Å². The third-order valence-electron chi connectivity index (χ3n) is 2.68. The van der Waals surface area contributed by atoms with Gasteiger partial charge in [-0.3, -0.25) is 9.59 Å². The average Bonchev–Trinajstić information content (AvgIpc) is 2.46. The van der Waals surface area contributed by atoms with Crippen LogP contribution in [0.1, 0.15) is 40.5 Å². The lowest BCUT2D eigenvalue weighted by Crippen LogP contribution is -2.32. The number of carbonyl (C=O) groups excluding carboxylic acids is 2. The quantitative estimate of drug-likeness (QED) is 0.479. The van der Waals surface area contributed by atoms with Crippen molar-refractivity contribution in [1.82, 2.24) is 0 Å². The molecule has 0 N–H and O–H groups in total. The SMILES string of the molecule is C=CC(OC(=O)CC=C(C)C)C(C=C)OC(=O)CC=C(C)C. The zero-order valence-electron chi connectivity index (χ0n) is 13.9. The first-order valence-corrected chi connectivity index (χ1v) is 7.21. The normalized spacial score (nSPS) is 12.4. The van der Waals surface area contributed by atoms with Gasteiger partial charge in [0, 0.05) is 0 Å². The Morgan fingerprint density at radius 3 is 1.36 bits per heavy atom. The Bertz CT molecular complexity index is 419. The molecule has 0 bridgehead atoms. The lowest BCUT2D eigenvalue weighted by Gasteiger charge is -2.21. The van der Waals surface area contributed by atoms with Gasteiger partial charge in [0.2, 0.25) is 0 Å². The summed E-state index contributed by atoms with van der Waals surface area (Å²) in [4.78, 5) is 23.5. The van der Waals surface area contributed by atoms with Gasteiger partial charge in [-0.05, 0) is 39.8 Å². The van der Waals surface area contributed by atoms with E-state index < -0.39 is 24.1 Å². The smallest absolute Gasteiger partial charge is 0.310 e. The Kier molecular flexibility index (Phi) is 9.59. The molecule has 0 saturated heterocycles. The van der Waals surface area contributed by atoms with E-state index in [0.29, 0.717) is 0 Å². The predicted molar refractivity (Wildman–Crippen MR) is 88.3 cm³/mol. The van der Waals surface area contributed by atoms with Crippen molar-refractivity contribution in [3.8, 4) is 0 Å². The summed E-state index contributed by atoms with van der Waals surface area (Å²) >= 11 is 0. The average molecular weight is 306 g/mol. The van der Waals surface area contributed by atoms with Crippen LogP contribution in [0.15, 0.2) is 48.6 Å². The minimum absolute atomic E-state index is 0.169. The van der Waals surface area contributed by atoms with Crippen molar-refractivity contribution < 1.29 is 19.1 Å². The van der Waals surface area contributed by atoms with Crippen LogP contribution in [0.2, 0.25) is 0 Å². The molecule has 0 aromatic rings. The van der Waals surface area contributed by atoms with Gasteiger partial charge in [0.15, 0.2) is 12.2 Å². The molecule has 0 aromatic carbocycles. The fourth-order valence-corrected chi connectivity index (χ4v) is 1.47. The molecule has 0 heterocycles. The summed E-state index contributed by atoms with van der Waals surface area (Å²) in [6.45, 7) is 14.8. The molecule has 2 atom stereocenters. The molecule has 122 valence electrons. The molecule has 0 fully saturated rings. The van der Waals surface area contributed by atoms with Crippen molar-refractivity contribution in [2.45, 2.75) is 52.7 Å². The summed E-state index contributed by atoms with van der Waals surface area (Å²) in [7, 11) is 0. The minimum atomic E-state index is -0.744. The third kappa shape index (κ3) is 8.95. The van der Waals surface area contributed by atoms with E-state index in [9.17, 15) is 9.59 Å². The molecule has 22 heavy (non-hydrogen) atoms. The topological polar surface area (TPSA) is 52.6 Å². The Balaban J connectivity index is 4.66. The van der Waals surface area contributed by atoms with Crippen molar-refractivity contribution in [1.29, 1.82) is 0 Å². The van der Waals surface area contributed by atoms with Gasteiger partial charge in [-0.25, -0.2) is 0 Å². The molecule has 0 aliphatic carbocycles. The lowest BCUT2D eigenvalue weighted by molar-refractivity contribution is -0.160. The van der Waals surface area contributed by atoms with Crippen LogP contribution >= 0.6 is 0 Å². The second kappa shape index (κ2) is 10.6.